The smallest absolute Gasteiger partial charge is 0.241 e. The summed E-state index contributed by atoms with van der Waals surface area (Å²) in [5.74, 6) is 1.23. The van der Waals surface area contributed by atoms with E-state index < -0.39 is 16.1 Å². The van der Waals surface area contributed by atoms with Gasteiger partial charge in [-0.05, 0) is 60.1 Å². The third kappa shape index (κ3) is 5.07. The lowest BCUT2D eigenvalue weighted by atomic mass is 9.98. The van der Waals surface area contributed by atoms with Crippen molar-refractivity contribution in [2.75, 3.05) is 25.1 Å². The average Bonchev–Trinajstić information content (AvgIpc) is 2.70. The molecule has 152 valence electrons. The standard InChI is InChI=1S/C21H28N2O3S2/c1-16-9-12-23(13-10-16)21(24)20(11-14-27-2)22-28(25,26)19-8-7-17-5-3-4-6-18(17)15-19/h3-8,15-16,20,22H,9-14H2,1-2H3/t20-/m0/s1. The quantitative estimate of drug-likeness (QED) is 0.745. The van der Waals surface area contributed by atoms with Gasteiger partial charge in [-0.25, -0.2) is 8.42 Å². The molecule has 1 amide bonds. The highest BCUT2D eigenvalue weighted by Crippen LogP contribution is 2.21. The van der Waals surface area contributed by atoms with Gasteiger partial charge in [0.1, 0.15) is 6.04 Å². The van der Waals surface area contributed by atoms with E-state index in [0.717, 1.165) is 29.4 Å². The maximum absolute atomic E-state index is 13.0. The number of sulfonamides is 1. The summed E-state index contributed by atoms with van der Waals surface area (Å²) in [6.45, 7) is 3.59. The molecule has 28 heavy (non-hydrogen) atoms. The van der Waals surface area contributed by atoms with Crippen molar-refractivity contribution in [1.29, 1.82) is 0 Å². The fourth-order valence-corrected chi connectivity index (χ4v) is 5.24. The number of benzene rings is 2. The number of thioether (sulfide) groups is 1. The normalized spacial score (nSPS) is 17.0. The van der Waals surface area contributed by atoms with Crippen LogP contribution in [-0.4, -0.2) is 50.4 Å². The van der Waals surface area contributed by atoms with Crippen LogP contribution in [0.1, 0.15) is 26.2 Å². The summed E-state index contributed by atoms with van der Waals surface area (Å²) >= 11 is 1.61. The number of nitrogens with zero attached hydrogens (tertiary/aromatic N) is 1. The van der Waals surface area contributed by atoms with Crippen LogP contribution in [0.4, 0.5) is 0 Å². The Bertz CT molecular complexity index is 922. The molecule has 1 aliphatic rings. The van der Waals surface area contributed by atoms with Crippen LogP contribution in [0, 0.1) is 5.92 Å². The van der Waals surface area contributed by atoms with Crippen LogP contribution in [0.25, 0.3) is 10.8 Å². The predicted molar refractivity (Wildman–Crippen MR) is 116 cm³/mol. The maximum atomic E-state index is 13.0. The van der Waals surface area contributed by atoms with Crippen molar-refractivity contribution < 1.29 is 13.2 Å². The molecule has 0 saturated carbocycles. The molecule has 1 saturated heterocycles. The average molecular weight is 421 g/mol. The van der Waals surface area contributed by atoms with Gasteiger partial charge in [-0.15, -0.1) is 0 Å². The predicted octanol–water partition coefficient (Wildman–Crippen LogP) is 3.50. The fourth-order valence-electron chi connectivity index (χ4n) is 3.51. The molecule has 1 aliphatic heterocycles. The molecule has 1 N–H and O–H groups in total. The molecule has 2 aromatic rings. The topological polar surface area (TPSA) is 66.5 Å². The van der Waals surface area contributed by atoms with Gasteiger partial charge in [-0.2, -0.15) is 16.5 Å². The van der Waals surface area contributed by atoms with Gasteiger partial charge in [0.25, 0.3) is 0 Å². The molecule has 5 nitrogen and oxygen atoms in total. The molecule has 0 aliphatic carbocycles. The first-order valence-corrected chi connectivity index (χ1v) is 12.6. The van der Waals surface area contributed by atoms with Gasteiger partial charge in [0.15, 0.2) is 0 Å². The highest BCUT2D eigenvalue weighted by Gasteiger charge is 2.30. The molecular weight excluding hydrogens is 392 g/mol. The summed E-state index contributed by atoms with van der Waals surface area (Å²) in [6.07, 6.45) is 4.39. The Morgan fingerprint density at radius 2 is 1.86 bits per heavy atom. The lowest BCUT2D eigenvalue weighted by Crippen LogP contribution is -2.50. The summed E-state index contributed by atoms with van der Waals surface area (Å²) < 4.78 is 28.7. The molecule has 0 aromatic heterocycles. The van der Waals surface area contributed by atoms with Crippen LogP contribution in [0.15, 0.2) is 47.4 Å². The zero-order chi connectivity index (χ0) is 20.1. The number of likely N-dealkylation sites (tertiary alicyclic amines) is 1. The first-order chi connectivity index (χ1) is 13.4. The lowest BCUT2D eigenvalue weighted by molar-refractivity contribution is -0.134. The van der Waals surface area contributed by atoms with E-state index in [0.29, 0.717) is 25.4 Å². The molecule has 2 aromatic carbocycles. The number of fused-ring (bicyclic) bond motifs is 1. The zero-order valence-electron chi connectivity index (χ0n) is 16.4. The molecule has 1 atom stereocenters. The third-order valence-corrected chi connectivity index (χ3v) is 7.45. The Kier molecular flexibility index (Phi) is 7.01. The van der Waals surface area contributed by atoms with E-state index in [1.165, 1.54) is 0 Å². The molecule has 0 bridgehead atoms. The zero-order valence-corrected chi connectivity index (χ0v) is 18.1. The van der Waals surface area contributed by atoms with Gasteiger partial charge >= 0.3 is 0 Å². The number of hydrogen-bond acceptors (Lipinski definition) is 4. The van der Waals surface area contributed by atoms with Gasteiger partial charge in [-0.3, -0.25) is 4.79 Å². The molecule has 3 rings (SSSR count). The van der Waals surface area contributed by atoms with Crippen molar-refractivity contribution in [3.8, 4) is 0 Å². The minimum atomic E-state index is -3.78. The summed E-state index contributed by atoms with van der Waals surface area (Å²) in [6, 6.07) is 12.0. The van der Waals surface area contributed by atoms with Crippen molar-refractivity contribution in [2.45, 2.75) is 37.1 Å². The number of amides is 1. The van der Waals surface area contributed by atoms with Crippen LogP contribution in [0.3, 0.4) is 0 Å². The molecule has 1 fully saturated rings. The molecule has 0 unspecified atom stereocenters. The van der Waals surface area contributed by atoms with E-state index >= 15 is 0 Å². The first-order valence-electron chi connectivity index (χ1n) is 9.69. The van der Waals surface area contributed by atoms with Crippen molar-refractivity contribution in [3.63, 3.8) is 0 Å². The van der Waals surface area contributed by atoms with E-state index in [4.69, 9.17) is 0 Å². The Labute approximate surface area is 171 Å². The largest absolute Gasteiger partial charge is 0.341 e. The molecule has 7 heteroatoms. The van der Waals surface area contributed by atoms with Crippen LogP contribution in [-0.2, 0) is 14.8 Å². The lowest BCUT2D eigenvalue weighted by Gasteiger charge is -2.33. The second-order valence-corrected chi connectivity index (χ2v) is 10.2. The summed E-state index contributed by atoms with van der Waals surface area (Å²) in [5.41, 5.74) is 0. The molecule has 1 heterocycles. The molecule has 0 spiro atoms. The Balaban J connectivity index is 1.80. The second-order valence-electron chi connectivity index (χ2n) is 7.47. The van der Waals surface area contributed by atoms with Crippen molar-refractivity contribution in [2.24, 2.45) is 5.92 Å². The van der Waals surface area contributed by atoms with Gasteiger partial charge in [0.05, 0.1) is 4.90 Å². The van der Waals surface area contributed by atoms with E-state index in [1.54, 1.807) is 30.0 Å². The van der Waals surface area contributed by atoms with Crippen LogP contribution >= 0.6 is 11.8 Å². The molecular formula is C21H28N2O3S2. The van der Waals surface area contributed by atoms with Gasteiger partial charge in [-0.1, -0.05) is 37.3 Å². The molecule has 0 radical (unpaired) electrons. The number of carbonyl (C=O) groups excluding carboxylic acids is 1. The maximum Gasteiger partial charge on any atom is 0.241 e. The summed E-state index contributed by atoms with van der Waals surface area (Å²) in [7, 11) is -3.78. The highest BCUT2D eigenvalue weighted by molar-refractivity contribution is 7.98. The van der Waals surface area contributed by atoms with Gasteiger partial charge in [0.2, 0.25) is 15.9 Å². The number of rotatable bonds is 7. The number of piperidine rings is 1. The van der Waals surface area contributed by atoms with Crippen molar-refractivity contribution in [1.82, 2.24) is 9.62 Å². The third-order valence-electron chi connectivity index (χ3n) is 5.33. The van der Waals surface area contributed by atoms with E-state index in [2.05, 4.69) is 11.6 Å². The Morgan fingerprint density at radius 1 is 1.18 bits per heavy atom. The number of hydrogen-bond donors (Lipinski definition) is 1. The van der Waals surface area contributed by atoms with Crippen molar-refractivity contribution >= 4 is 38.5 Å². The summed E-state index contributed by atoms with van der Waals surface area (Å²) in [4.78, 5) is 15.0. The Morgan fingerprint density at radius 3 is 2.54 bits per heavy atom. The number of carbonyl (C=O) groups is 1. The Hall–Kier alpha value is -1.57. The van der Waals surface area contributed by atoms with Crippen LogP contribution < -0.4 is 4.72 Å². The monoisotopic (exact) mass is 420 g/mol. The first kappa shape index (κ1) is 21.1. The van der Waals surface area contributed by atoms with E-state index in [-0.39, 0.29) is 10.8 Å². The van der Waals surface area contributed by atoms with Crippen molar-refractivity contribution in [3.05, 3.63) is 42.5 Å². The van der Waals surface area contributed by atoms with E-state index in [1.807, 2.05) is 35.4 Å². The highest BCUT2D eigenvalue weighted by atomic mass is 32.2. The van der Waals surface area contributed by atoms with Gasteiger partial charge < -0.3 is 4.90 Å². The summed E-state index contributed by atoms with van der Waals surface area (Å²) in [5, 5.41) is 1.85. The number of nitrogens with one attached hydrogen (secondary N) is 1. The van der Waals surface area contributed by atoms with Gasteiger partial charge in [0, 0.05) is 13.1 Å². The van der Waals surface area contributed by atoms with Crippen LogP contribution in [0.2, 0.25) is 0 Å². The SMILES string of the molecule is CSCC[C@H](NS(=O)(=O)c1ccc2ccccc2c1)C(=O)N1CCC(C)CC1. The minimum absolute atomic E-state index is 0.106. The van der Waals surface area contributed by atoms with Crippen LogP contribution in [0.5, 0.6) is 0 Å². The second kappa shape index (κ2) is 9.29. The van der Waals surface area contributed by atoms with E-state index in [9.17, 15) is 13.2 Å². The fraction of sp³-hybridized carbons (Fsp3) is 0.476. The minimum Gasteiger partial charge on any atom is -0.341 e.